The van der Waals surface area contributed by atoms with Gasteiger partial charge in [-0.05, 0) is 58.5 Å². The van der Waals surface area contributed by atoms with Crippen LogP contribution >= 0.6 is 22.6 Å². The van der Waals surface area contributed by atoms with Crippen molar-refractivity contribution in [1.29, 1.82) is 0 Å². The molecule has 2 aromatic rings. The fourth-order valence-corrected chi connectivity index (χ4v) is 2.06. The lowest BCUT2D eigenvalue weighted by molar-refractivity contribution is -0.137. The number of rotatable bonds is 3. The molecule has 0 amide bonds. The Morgan fingerprint density at radius 2 is 1.71 bits per heavy atom. The Kier molecular flexibility index (Phi) is 4.82. The summed E-state index contributed by atoms with van der Waals surface area (Å²) >= 11 is 2.13. The molecule has 0 N–H and O–H groups in total. The van der Waals surface area contributed by atoms with E-state index in [1.54, 1.807) is 24.3 Å². The van der Waals surface area contributed by atoms with Crippen molar-refractivity contribution in [2.75, 3.05) is 0 Å². The second-order valence-corrected chi connectivity index (χ2v) is 5.57. The van der Waals surface area contributed by atoms with Crippen LogP contribution in [0.5, 0.6) is 0 Å². The Morgan fingerprint density at radius 1 is 1.05 bits per heavy atom. The van der Waals surface area contributed by atoms with E-state index in [4.69, 9.17) is 0 Å². The van der Waals surface area contributed by atoms with Gasteiger partial charge in [0.25, 0.3) is 0 Å². The van der Waals surface area contributed by atoms with Crippen LogP contribution in [0.25, 0.3) is 6.08 Å². The molecule has 2 rings (SSSR count). The molecule has 0 atom stereocenters. The molecule has 0 bridgehead atoms. The predicted molar refractivity (Wildman–Crippen MR) is 84.0 cm³/mol. The van der Waals surface area contributed by atoms with Crippen molar-refractivity contribution in [3.05, 3.63) is 74.9 Å². The third kappa shape index (κ3) is 4.42. The van der Waals surface area contributed by atoms with E-state index >= 15 is 0 Å². The minimum atomic E-state index is -4.38. The van der Waals surface area contributed by atoms with Gasteiger partial charge < -0.3 is 0 Å². The molecule has 2 aromatic carbocycles. The van der Waals surface area contributed by atoms with Crippen LogP contribution in [0.1, 0.15) is 21.5 Å². The fourth-order valence-electron chi connectivity index (χ4n) is 1.70. The number of benzene rings is 2. The Labute approximate surface area is 133 Å². The van der Waals surface area contributed by atoms with Gasteiger partial charge >= 0.3 is 6.18 Å². The van der Waals surface area contributed by atoms with E-state index in [2.05, 4.69) is 22.6 Å². The third-order valence-electron chi connectivity index (χ3n) is 2.77. The normalized spacial score (nSPS) is 11.8. The Balaban J connectivity index is 2.17. The zero-order valence-corrected chi connectivity index (χ0v) is 12.9. The van der Waals surface area contributed by atoms with Gasteiger partial charge in [0.05, 0.1) is 5.56 Å². The number of hydrogen-bond donors (Lipinski definition) is 0. The molecule has 0 radical (unpaired) electrons. The highest BCUT2D eigenvalue weighted by Gasteiger charge is 2.30. The number of ketones is 1. The molecule has 0 spiro atoms. The lowest BCUT2D eigenvalue weighted by Gasteiger charge is -2.06. The van der Waals surface area contributed by atoms with Gasteiger partial charge in [0, 0.05) is 9.13 Å². The van der Waals surface area contributed by atoms with Crippen LogP contribution in [0.2, 0.25) is 0 Å². The molecule has 0 aliphatic rings. The molecule has 21 heavy (non-hydrogen) atoms. The van der Waals surface area contributed by atoms with Gasteiger partial charge in [-0.2, -0.15) is 13.2 Å². The van der Waals surface area contributed by atoms with Crippen LogP contribution < -0.4 is 0 Å². The molecule has 1 nitrogen and oxygen atoms in total. The minimum Gasteiger partial charge on any atom is -0.289 e. The second kappa shape index (κ2) is 6.43. The molecular formula is C16H10F3IO. The van der Waals surface area contributed by atoms with Crippen molar-refractivity contribution >= 4 is 34.5 Å². The summed E-state index contributed by atoms with van der Waals surface area (Å²) in [5, 5.41) is 0. The lowest BCUT2D eigenvalue weighted by atomic mass is 10.1. The maximum Gasteiger partial charge on any atom is 0.416 e. The topological polar surface area (TPSA) is 17.1 Å². The average molecular weight is 402 g/mol. The third-order valence-corrected chi connectivity index (χ3v) is 3.49. The molecule has 0 aromatic heterocycles. The van der Waals surface area contributed by atoms with Gasteiger partial charge in [-0.15, -0.1) is 0 Å². The summed E-state index contributed by atoms with van der Waals surface area (Å²) in [4.78, 5) is 11.9. The molecule has 0 fully saturated rings. The molecule has 0 saturated heterocycles. The number of carbonyl (C=O) groups excluding carboxylic acids is 1. The van der Waals surface area contributed by atoms with Gasteiger partial charge in [-0.25, -0.2) is 0 Å². The molecule has 0 heterocycles. The summed E-state index contributed by atoms with van der Waals surface area (Å²) in [5.74, 6) is -0.246. The monoisotopic (exact) mass is 402 g/mol. The van der Waals surface area contributed by atoms with E-state index in [1.807, 2.05) is 0 Å². The zero-order valence-electron chi connectivity index (χ0n) is 10.7. The summed E-state index contributed by atoms with van der Waals surface area (Å²) in [5.41, 5.74) is 0.105. The number of halogens is 4. The first-order valence-electron chi connectivity index (χ1n) is 6.01. The summed E-state index contributed by atoms with van der Waals surface area (Å²) in [7, 11) is 0. The maximum absolute atomic E-state index is 12.6. The van der Waals surface area contributed by atoms with Crippen LogP contribution in [0.3, 0.4) is 0 Å². The highest BCUT2D eigenvalue weighted by Crippen LogP contribution is 2.29. The van der Waals surface area contributed by atoms with Crippen LogP contribution in [-0.4, -0.2) is 5.78 Å². The summed E-state index contributed by atoms with van der Waals surface area (Å²) in [6.45, 7) is 0. The molecule has 0 aliphatic carbocycles. The van der Waals surface area contributed by atoms with Crippen molar-refractivity contribution in [3.8, 4) is 0 Å². The van der Waals surface area contributed by atoms with Crippen LogP contribution in [0, 0.1) is 3.57 Å². The smallest absolute Gasteiger partial charge is 0.289 e. The highest BCUT2D eigenvalue weighted by atomic mass is 127. The Hall–Kier alpha value is -1.63. The van der Waals surface area contributed by atoms with Crippen molar-refractivity contribution in [2.45, 2.75) is 6.18 Å². The van der Waals surface area contributed by atoms with E-state index < -0.39 is 11.7 Å². The first-order chi connectivity index (χ1) is 9.86. The number of hydrogen-bond acceptors (Lipinski definition) is 1. The van der Waals surface area contributed by atoms with E-state index in [-0.39, 0.29) is 5.78 Å². The highest BCUT2D eigenvalue weighted by molar-refractivity contribution is 14.1. The summed E-state index contributed by atoms with van der Waals surface area (Å²) in [6.07, 6.45) is -1.72. The summed E-state index contributed by atoms with van der Waals surface area (Å²) in [6, 6.07) is 11.8. The van der Waals surface area contributed by atoms with Crippen molar-refractivity contribution in [1.82, 2.24) is 0 Å². The molecule has 5 heteroatoms. The van der Waals surface area contributed by atoms with Crippen molar-refractivity contribution in [3.63, 3.8) is 0 Å². The average Bonchev–Trinajstić information content (AvgIpc) is 2.45. The van der Waals surface area contributed by atoms with Gasteiger partial charge in [-0.1, -0.05) is 30.3 Å². The van der Waals surface area contributed by atoms with Gasteiger partial charge in [-0.3, -0.25) is 4.79 Å². The quantitative estimate of drug-likeness (QED) is 0.392. The number of allylic oxidation sites excluding steroid dienone is 1. The van der Waals surface area contributed by atoms with Gasteiger partial charge in [0.15, 0.2) is 5.78 Å². The lowest BCUT2D eigenvalue weighted by Crippen LogP contribution is -2.04. The number of carbonyl (C=O) groups is 1. The number of alkyl halides is 3. The molecule has 108 valence electrons. The van der Waals surface area contributed by atoms with Gasteiger partial charge in [0.2, 0.25) is 0 Å². The molecule has 0 aliphatic heterocycles. The standard InChI is InChI=1S/C16H10F3IO/c17-16(18,19)13-3-1-2-11(10-13)4-9-15(21)12-5-7-14(20)8-6-12/h1-10H. The fraction of sp³-hybridized carbons (Fsp3) is 0.0625. The molecule has 0 unspecified atom stereocenters. The minimum absolute atomic E-state index is 0.246. The maximum atomic E-state index is 12.6. The van der Waals surface area contributed by atoms with E-state index in [1.165, 1.54) is 24.3 Å². The van der Waals surface area contributed by atoms with E-state index in [9.17, 15) is 18.0 Å². The largest absolute Gasteiger partial charge is 0.416 e. The van der Waals surface area contributed by atoms with Crippen LogP contribution in [0.4, 0.5) is 13.2 Å². The van der Waals surface area contributed by atoms with E-state index in [0.717, 1.165) is 15.7 Å². The summed E-state index contributed by atoms with van der Waals surface area (Å²) < 4.78 is 38.7. The predicted octanol–water partition coefficient (Wildman–Crippen LogP) is 5.21. The van der Waals surface area contributed by atoms with E-state index in [0.29, 0.717) is 11.1 Å². The van der Waals surface area contributed by atoms with Crippen LogP contribution in [-0.2, 0) is 6.18 Å². The Bertz CT molecular complexity index is 673. The molecule has 0 saturated carbocycles. The van der Waals surface area contributed by atoms with Crippen molar-refractivity contribution in [2.24, 2.45) is 0 Å². The first-order valence-corrected chi connectivity index (χ1v) is 7.09. The van der Waals surface area contributed by atoms with Crippen LogP contribution in [0.15, 0.2) is 54.6 Å². The second-order valence-electron chi connectivity index (χ2n) is 4.33. The van der Waals surface area contributed by atoms with Crippen molar-refractivity contribution < 1.29 is 18.0 Å². The van der Waals surface area contributed by atoms with Gasteiger partial charge in [0.1, 0.15) is 0 Å². The zero-order chi connectivity index (χ0) is 15.5. The Morgan fingerprint density at radius 3 is 2.33 bits per heavy atom. The first kappa shape index (κ1) is 15.8. The molecular weight excluding hydrogens is 392 g/mol. The SMILES string of the molecule is O=C(C=Cc1cccc(C(F)(F)F)c1)c1ccc(I)cc1.